The van der Waals surface area contributed by atoms with Crippen molar-refractivity contribution in [1.29, 1.82) is 0 Å². The Morgan fingerprint density at radius 3 is 2.65 bits per heavy atom. The molecule has 4 rings (SSSR count). The number of rotatable bonds is 9. The van der Waals surface area contributed by atoms with Crippen molar-refractivity contribution < 1.29 is 24.1 Å². The lowest BCUT2D eigenvalue weighted by Crippen LogP contribution is -2.49. The van der Waals surface area contributed by atoms with Gasteiger partial charge in [-0.3, -0.25) is 9.69 Å². The van der Waals surface area contributed by atoms with Gasteiger partial charge in [-0.05, 0) is 24.1 Å². The van der Waals surface area contributed by atoms with Gasteiger partial charge in [0.05, 0.1) is 30.3 Å². The Hall–Kier alpha value is -2.21. The number of fused-ring (bicyclic) bond motifs is 1. The van der Waals surface area contributed by atoms with Crippen LogP contribution in [0.4, 0.5) is 4.39 Å². The van der Waals surface area contributed by atoms with Crippen LogP contribution < -0.4 is 5.32 Å². The van der Waals surface area contributed by atoms with Crippen LogP contribution in [0.5, 0.6) is 0 Å². The molecule has 1 unspecified atom stereocenters. The fraction of sp³-hybridized carbons (Fsp3) is 0.522. The van der Waals surface area contributed by atoms with E-state index in [4.69, 9.17) is 16.3 Å². The van der Waals surface area contributed by atoms with E-state index in [-0.39, 0.29) is 30.9 Å². The summed E-state index contributed by atoms with van der Waals surface area (Å²) in [4.78, 5) is 25.1. The van der Waals surface area contributed by atoms with E-state index in [1.807, 2.05) is 6.92 Å². The van der Waals surface area contributed by atoms with E-state index in [2.05, 4.69) is 20.2 Å². The first-order chi connectivity index (χ1) is 16.4. The average molecular weight is 494 g/mol. The number of aliphatic hydroxyl groups is 2. The van der Waals surface area contributed by atoms with Gasteiger partial charge in [0.15, 0.2) is 6.23 Å². The Bertz CT molecular complexity index is 1020. The molecule has 2 aliphatic heterocycles. The average Bonchev–Trinajstić information content (AvgIpc) is 3.11. The third kappa shape index (κ3) is 5.07. The summed E-state index contributed by atoms with van der Waals surface area (Å²) in [6.07, 6.45) is 2.14. The molecule has 2 aliphatic rings. The van der Waals surface area contributed by atoms with Crippen LogP contribution in [0.3, 0.4) is 0 Å². The molecular weight excluding hydrogens is 465 g/mol. The maximum absolute atomic E-state index is 15.5. The second-order valence-electron chi connectivity index (χ2n) is 8.53. The number of carbonyl (C=O) groups is 1. The third-order valence-electron chi connectivity index (χ3n) is 6.32. The van der Waals surface area contributed by atoms with Crippen molar-refractivity contribution in [3.05, 3.63) is 57.9 Å². The van der Waals surface area contributed by atoms with E-state index in [9.17, 15) is 15.0 Å². The minimum Gasteiger partial charge on any atom is -0.394 e. The van der Waals surface area contributed by atoms with Crippen molar-refractivity contribution in [2.75, 3.05) is 45.9 Å². The Kier molecular flexibility index (Phi) is 7.76. The number of nitrogens with zero attached hydrogens (tertiary/aromatic N) is 4. The number of carbonyl (C=O) groups excluding carboxylic acids is 1. The van der Waals surface area contributed by atoms with Crippen molar-refractivity contribution in [3.63, 3.8) is 0 Å². The van der Waals surface area contributed by atoms with E-state index in [1.165, 1.54) is 23.4 Å². The summed E-state index contributed by atoms with van der Waals surface area (Å²) in [5.41, 5.74) is -0.763. The van der Waals surface area contributed by atoms with Crippen LogP contribution in [-0.2, 0) is 16.9 Å². The largest absolute Gasteiger partial charge is 0.394 e. The van der Waals surface area contributed by atoms with Crippen molar-refractivity contribution in [1.82, 2.24) is 25.1 Å². The fourth-order valence-corrected chi connectivity index (χ4v) is 4.54. The quantitative estimate of drug-likeness (QED) is 0.481. The molecule has 0 spiro atoms. The maximum atomic E-state index is 15.5. The zero-order valence-corrected chi connectivity index (χ0v) is 19.8. The summed E-state index contributed by atoms with van der Waals surface area (Å²) < 4.78 is 21.2. The highest BCUT2D eigenvalue weighted by Gasteiger charge is 2.42. The molecule has 9 nitrogen and oxygen atoms in total. The number of ether oxygens (including phenoxy) is 1. The van der Waals surface area contributed by atoms with Crippen molar-refractivity contribution >= 4 is 17.5 Å². The van der Waals surface area contributed by atoms with Crippen molar-refractivity contribution in [2.24, 2.45) is 0 Å². The normalized spacial score (nSPS) is 20.4. The van der Waals surface area contributed by atoms with Crippen molar-refractivity contribution in [2.45, 2.75) is 31.7 Å². The molecule has 1 aromatic carbocycles. The first-order valence-corrected chi connectivity index (χ1v) is 11.7. The Labute approximate surface area is 202 Å². The van der Waals surface area contributed by atoms with Crippen LogP contribution in [0, 0.1) is 5.82 Å². The summed E-state index contributed by atoms with van der Waals surface area (Å²) >= 11 is 5.85. The van der Waals surface area contributed by atoms with E-state index < -0.39 is 23.6 Å². The zero-order valence-electron chi connectivity index (χ0n) is 19.0. The van der Waals surface area contributed by atoms with Crippen LogP contribution in [0.25, 0.3) is 0 Å². The summed E-state index contributed by atoms with van der Waals surface area (Å²) in [5, 5.41) is 24.3. The Balaban J connectivity index is 1.67. The molecule has 0 aliphatic carbocycles. The smallest absolute Gasteiger partial charge is 0.257 e. The molecule has 11 heteroatoms. The molecule has 2 atom stereocenters. The number of aliphatic hydroxyl groups excluding tert-OH is 1. The van der Waals surface area contributed by atoms with E-state index in [0.29, 0.717) is 29.4 Å². The van der Waals surface area contributed by atoms with Gasteiger partial charge >= 0.3 is 0 Å². The Morgan fingerprint density at radius 1 is 1.29 bits per heavy atom. The summed E-state index contributed by atoms with van der Waals surface area (Å²) in [7, 11) is 0. The van der Waals surface area contributed by atoms with Gasteiger partial charge in [-0.15, -0.1) is 0 Å². The first-order valence-electron chi connectivity index (χ1n) is 11.4. The molecule has 3 heterocycles. The van der Waals surface area contributed by atoms with Gasteiger partial charge in [0.25, 0.3) is 5.91 Å². The lowest BCUT2D eigenvalue weighted by Gasteiger charge is -2.36. The number of halogens is 2. The third-order valence-corrected chi connectivity index (χ3v) is 6.52. The first kappa shape index (κ1) is 24.9. The Morgan fingerprint density at radius 2 is 2.00 bits per heavy atom. The van der Waals surface area contributed by atoms with E-state index >= 15 is 4.39 Å². The number of hydrogen-bond donors (Lipinski definition) is 3. The van der Waals surface area contributed by atoms with Gasteiger partial charge in [-0.2, -0.15) is 0 Å². The second kappa shape index (κ2) is 10.6. The zero-order chi connectivity index (χ0) is 24.3. The maximum Gasteiger partial charge on any atom is 0.257 e. The molecule has 2 aromatic rings. The van der Waals surface area contributed by atoms with Gasteiger partial charge in [-0.25, -0.2) is 14.4 Å². The number of nitrogens with one attached hydrogen (secondary N) is 1. The van der Waals surface area contributed by atoms with Gasteiger partial charge in [0.1, 0.15) is 17.2 Å². The molecule has 3 N–H and O–H groups in total. The lowest BCUT2D eigenvalue weighted by molar-refractivity contribution is -0.0554. The van der Waals surface area contributed by atoms with Crippen LogP contribution in [-0.4, -0.2) is 81.8 Å². The van der Waals surface area contributed by atoms with Gasteiger partial charge in [-0.1, -0.05) is 18.5 Å². The van der Waals surface area contributed by atoms with Crippen LogP contribution in [0.2, 0.25) is 5.02 Å². The van der Waals surface area contributed by atoms with Crippen LogP contribution in [0.15, 0.2) is 24.5 Å². The van der Waals surface area contributed by atoms with Crippen LogP contribution in [0.1, 0.15) is 46.9 Å². The standard InChI is InChI=1S/C23H29ClFN5O4/c1-2-23(33,14-29-5-3-26-4-6-29)15-9-17-20(18(25)10-15)22(34-8-7-31)30(21(17)32)13-19-27-11-16(24)12-28-19/h9-12,22,26,31,33H,2-8,13-14H2,1H3/t22-,23?/m1/s1. The number of piperazine rings is 1. The van der Waals surface area contributed by atoms with E-state index in [0.717, 1.165) is 26.2 Å². The SMILES string of the molecule is CCC(O)(CN1CCNCC1)c1cc(F)c2c(c1)C(=O)N(Cc1ncc(Cl)cn1)[C@@H]2OCCO. The van der Waals surface area contributed by atoms with Gasteiger partial charge in [0, 0.05) is 50.7 Å². The molecule has 184 valence electrons. The molecule has 1 amide bonds. The van der Waals surface area contributed by atoms with Crippen LogP contribution >= 0.6 is 11.6 Å². The molecule has 0 radical (unpaired) electrons. The molecule has 1 aromatic heterocycles. The van der Waals surface area contributed by atoms with Gasteiger partial charge < -0.3 is 25.2 Å². The van der Waals surface area contributed by atoms with Crippen molar-refractivity contribution in [3.8, 4) is 0 Å². The monoisotopic (exact) mass is 493 g/mol. The molecule has 1 saturated heterocycles. The van der Waals surface area contributed by atoms with E-state index in [1.54, 1.807) is 6.07 Å². The minimum absolute atomic E-state index is 0.0334. The number of β-amino-alcohol motifs (C(OH)–C–C–N with tert-alkyl or cyclic N) is 1. The highest BCUT2D eigenvalue weighted by atomic mass is 35.5. The molecule has 34 heavy (non-hydrogen) atoms. The fourth-order valence-electron chi connectivity index (χ4n) is 4.44. The molecule has 0 saturated carbocycles. The number of aromatic nitrogens is 2. The predicted molar refractivity (Wildman–Crippen MR) is 123 cm³/mol. The number of benzene rings is 1. The predicted octanol–water partition coefficient (Wildman–Crippen LogP) is 1.44. The molecular formula is C23H29ClFN5O4. The highest BCUT2D eigenvalue weighted by Crippen LogP contribution is 2.40. The molecule has 0 bridgehead atoms. The number of amides is 1. The highest BCUT2D eigenvalue weighted by molar-refractivity contribution is 6.30. The summed E-state index contributed by atoms with van der Waals surface area (Å²) in [6, 6.07) is 2.85. The topological polar surface area (TPSA) is 111 Å². The number of hydrogen-bond acceptors (Lipinski definition) is 8. The summed E-state index contributed by atoms with van der Waals surface area (Å²) in [6.45, 7) is 4.97. The summed E-state index contributed by atoms with van der Waals surface area (Å²) in [5.74, 6) is -0.791. The minimum atomic E-state index is -1.32. The van der Waals surface area contributed by atoms with Gasteiger partial charge in [0.2, 0.25) is 0 Å². The second-order valence-corrected chi connectivity index (χ2v) is 8.96. The lowest BCUT2D eigenvalue weighted by atomic mass is 9.88. The molecule has 1 fully saturated rings.